The second-order valence-corrected chi connectivity index (χ2v) is 8.29. The zero-order chi connectivity index (χ0) is 20.3. The Labute approximate surface area is 150 Å². The van der Waals surface area contributed by atoms with Gasteiger partial charge < -0.3 is 10.0 Å². The highest BCUT2D eigenvalue weighted by molar-refractivity contribution is 7.88. The highest BCUT2D eigenvalue weighted by atomic mass is 32.2. The predicted molar refractivity (Wildman–Crippen MR) is 87.0 cm³/mol. The molecule has 0 bridgehead atoms. The van der Waals surface area contributed by atoms with Crippen molar-refractivity contribution >= 4 is 21.9 Å². The van der Waals surface area contributed by atoms with Crippen LogP contribution in [0, 0.1) is 0 Å². The Hall–Kier alpha value is -1.40. The number of halogens is 3. The molecule has 0 atom stereocenters. The quantitative estimate of drug-likeness (QED) is 0.708. The van der Waals surface area contributed by atoms with Gasteiger partial charge in [-0.3, -0.25) is 9.69 Å². The molecule has 2 aliphatic rings. The molecule has 2 rings (SSSR count). The molecular formula is C14H24F3N3O5S. The van der Waals surface area contributed by atoms with E-state index in [1.165, 1.54) is 10.6 Å². The minimum Gasteiger partial charge on any atom is -0.475 e. The molecule has 8 nitrogen and oxygen atoms in total. The molecule has 0 radical (unpaired) electrons. The summed E-state index contributed by atoms with van der Waals surface area (Å²) >= 11 is 0. The van der Waals surface area contributed by atoms with E-state index >= 15 is 0 Å². The number of carboxylic acids is 1. The fourth-order valence-corrected chi connectivity index (χ4v) is 3.97. The van der Waals surface area contributed by atoms with E-state index in [0.717, 1.165) is 19.6 Å². The van der Waals surface area contributed by atoms with E-state index in [1.54, 1.807) is 0 Å². The summed E-state index contributed by atoms with van der Waals surface area (Å²) in [6.07, 6.45) is -2.67. The molecule has 2 saturated heterocycles. The molecule has 12 heteroatoms. The Morgan fingerprint density at radius 2 is 1.65 bits per heavy atom. The van der Waals surface area contributed by atoms with Crippen LogP contribution in [0.25, 0.3) is 0 Å². The molecule has 2 heterocycles. The molecule has 2 fully saturated rings. The van der Waals surface area contributed by atoms with Gasteiger partial charge in [0.25, 0.3) is 0 Å². The fourth-order valence-electron chi connectivity index (χ4n) is 3.13. The number of carboxylic acid groups (broad SMARTS) is 1. The number of nitrogens with zero attached hydrogens (tertiary/aromatic N) is 3. The van der Waals surface area contributed by atoms with Gasteiger partial charge in [0.15, 0.2) is 0 Å². The van der Waals surface area contributed by atoms with E-state index in [4.69, 9.17) is 9.90 Å². The van der Waals surface area contributed by atoms with Crippen molar-refractivity contribution in [3.8, 4) is 0 Å². The molecule has 0 unspecified atom stereocenters. The Morgan fingerprint density at radius 1 is 1.19 bits per heavy atom. The van der Waals surface area contributed by atoms with Gasteiger partial charge in [-0.15, -0.1) is 0 Å². The first-order chi connectivity index (χ1) is 11.8. The van der Waals surface area contributed by atoms with E-state index in [2.05, 4.69) is 4.90 Å². The van der Waals surface area contributed by atoms with Crippen molar-refractivity contribution in [2.45, 2.75) is 31.5 Å². The largest absolute Gasteiger partial charge is 0.490 e. The number of hydrogen-bond donors (Lipinski definition) is 1. The monoisotopic (exact) mass is 403 g/mol. The summed E-state index contributed by atoms with van der Waals surface area (Å²) in [5.74, 6) is -2.59. The zero-order valence-electron chi connectivity index (χ0n) is 14.9. The van der Waals surface area contributed by atoms with Crippen LogP contribution in [-0.4, -0.2) is 97.2 Å². The van der Waals surface area contributed by atoms with E-state index in [0.29, 0.717) is 25.9 Å². The molecule has 1 N–H and O–H groups in total. The topological polar surface area (TPSA) is 98.2 Å². The number of sulfonamides is 1. The maximum atomic E-state index is 12.6. The van der Waals surface area contributed by atoms with Gasteiger partial charge >= 0.3 is 12.1 Å². The number of carbonyl (C=O) groups excluding carboxylic acids is 1. The number of likely N-dealkylation sites (N-methyl/N-ethyl adjacent to an activating group) is 2. The van der Waals surface area contributed by atoms with Crippen molar-refractivity contribution in [3.05, 3.63) is 0 Å². The van der Waals surface area contributed by atoms with Crippen LogP contribution < -0.4 is 0 Å². The lowest BCUT2D eigenvalue weighted by molar-refractivity contribution is -0.192. The number of amides is 1. The Kier molecular flexibility index (Phi) is 7.04. The summed E-state index contributed by atoms with van der Waals surface area (Å²) in [5, 5.41) is 7.12. The lowest BCUT2D eigenvalue weighted by Gasteiger charge is -2.51. The summed E-state index contributed by atoms with van der Waals surface area (Å²) < 4.78 is 56.3. The minimum atomic E-state index is -5.08. The van der Waals surface area contributed by atoms with Crippen LogP contribution in [-0.2, 0) is 19.6 Å². The average Bonchev–Trinajstić information content (AvgIpc) is 2.52. The Bertz CT molecular complexity index is 630. The van der Waals surface area contributed by atoms with Crippen molar-refractivity contribution in [1.29, 1.82) is 0 Å². The van der Waals surface area contributed by atoms with Gasteiger partial charge in [-0.1, -0.05) is 0 Å². The molecule has 0 aromatic carbocycles. The minimum absolute atomic E-state index is 0.164. The van der Waals surface area contributed by atoms with Gasteiger partial charge in [-0.05, 0) is 26.8 Å². The van der Waals surface area contributed by atoms with Crippen LogP contribution in [0.1, 0.15) is 19.8 Å². The van der Waals surface area contributed by atoms with Crippen molar-refractivity contribution < 1.29 is 36.3 Å². The zero-order valence-corrected chi connectivity index (χ0v) is 15.7. The molecule has 2 aliphatic heterocycles. The van der Waals surface area contributed by atoms with Crippen LogP contribution in [0.5, 0.6) is 0 Å². The van der Waals surface area contributed by atoms with Gasteiger partial charge in [0.2, 0.25) is 15.9 Å². The van der Waals surface area contributed by atoms with Crippen molar-refractivity contribution in [2.24, 2.45) is 0 Å². The van der Waals surface area contributed by atoms with E-state index in [-0.39, 0.29) is 5.91 Å². The molecule has 1 spiro atoms. The molecule has 1 amide bonds. The number of carbonyl (C=O) groups is 2. The average molecular weight is 403 g/mol. The number of hydrogen-bond acceptors (Lipinski definition) is 5. The highest BCUT2D eigenvalue weighted by Gasteiger charge is 2.49. The van der Waals surface area contributed by atoms with Crippen LogP contribution in [0.4, 0.5) is 13.2 Å². The van der Waals surface area contributed by atoms with Gasteiger partial charge in [0.05, 0.1) is 6.26 Å². The maximum Gasteiger partial charge on any atom is 0.490 e. The molecular weight excluding hydrogens is 379 g/mol. The van der Waals surface area contributed by atoms with Gasteiger partial charge in [0.1, 0.15) is 5.54 Å². The van der Waals surface area contributed by atoms with Crippen LogP contribution >= 0.6 is 0 Å². The fraction of sp³-hybridized carbons (Fsp3) is 0.857. The molecule has 152 valence electrons. The second kappa shape index (κ2) is 8.09. The lowest BCUT2D eigenvalue weighted by atomic mass is 9.83. The molecule has 0 aliphatic carbocycles. The standard InChI is InChI=1S/C12H23N3O3S.C2HF3O2/c1-4-14-10-9-13(2)12(11(14)16)5-7-15(8-6-12)19(3,17)18;3-2(4,5)1(6)7/h4-10H2,1-3H3;(H,6,7). The van der Waals surface area contributed by atoms with Crippen molar-refractivity contribution in [2.75, 3.05) is 46.0 Å². The van der Waals surface area contributed by atoms with Crippen molar-refractivity contribution in [3.63, 3.8) is 0 Å². The van der Waals surface area contributed by atoms with Crippen LogP contribution in [0.3, 0.4) is 0 Å². The summed E-state index contributed by atoms with van der Waals surface area (Å²) in [4.78, 5) is 25.5. The summed E-state index contributed by atoms with van der Waals surface area (Å²) in [7, 11) is -1.17. The maximum absolute atomic E-state index is 12.6. The summed E-state index contributed by atoms with van der Waals surface area (Å²) in [6, 6.07) is 0. The second-order valence-electron chi connectivity index (χ2n) is 6.30. The number of piperazine rings is 1. The first-order valence-corrected chi connectivity index (χ1v) is 9.86. The highest BCUT2D eigenvalue weighted by Crippen LogP contribution is 2.33. The number of aliphatic carboxylic acids is 1. The van der Waals surface area contributed by atoms with Crippen LogP contribution in [0.2, 0.25) is 0 Å². The first kappa shape index (κ1) is 22.6. The van der Waals surface area contributed by atoms with Crippen LogP contribution in [0.15, 0.2) is 0 Å². The third kappa shape index (κ3) is 5.07. The van der Waals surface area contributed by atoms with E-state index < -0.39 is 27.7 Å². The molecule has 0 saturated carbocycles. The normalized spacial score (nSPS) is 22.1. The van der Waals surface area contributed by atoms with Crippen molar-refractivity contribution in [1.82, 2.24) is 14.1 Å². The van der Waals surface area contributed by atoms with E-state index in [1.807, 2.05) is 18.9 Å². The SMILES string of the molecule is CCN1CCN(C)C2(CCN(S(C)(=O)=O)CC2)C1=O.O=C(O)C(F)(F)F. The summed E-state index contributed by atoms with van der Waals surface area (Å²) in [5.41, 5.74) is -0.491. The number of rotatable bonds is 2. The van der Waals surface area contributed by atoms with Gasteiger partial charge in [-0.2, -0.15) is 13.2 Å². The predicted octanol–water partition coefficient (Wildman–Crippen LogP) is 0.208. The third-order valence-electron chi connectivity index (χ3n) is 4.76. The molecule has 0 aromatic rings. The van der Waals surface area contributed by atoms with E-state index in [9.17, 15) is 26.4 Å². The Balaban J connectivity index is 0.000000412. The Morgan fingerprint density at radius 3 is 2.00 bits per heavy atom. The molecule has 0 aromatic heterocycles. The van der Waals surface area contributed by atoms with Gasteiger partial charge in [0, 0.05) is 32.7 Å². The number of alkyl halides is 3. The smallest absolute Gasteiger partial charge is 0.475 e. The van der Waals surface area contributed by atoms with Gasteiger partial charge in [-0.25, -0.2) is 17.5 Å². The number of piperidine rings is 1. The third-order valence-corrected chi connectivity index (χ3v) is 6.07. The first-order valence-electron chi connectivity index (χ1n) is 8.01. The lowest BCUT2D eigenvalue weighted by Crippen LogP contribution is -2.67. The summed E-state index contributed by atoms with van der Waals surface area (Å²) in [6.45, 7) is 5.22. The molecule has 26 heavy (non-hydrogen) atoms.